The number of nitrogens with zero attached hydrogens (tertiary/aromatic N) is 3. The van der Waals surface area contributed by atoms with Crippen LogP contribution in [0.3, 0.4) is 0 Å². The molecule has 0 spiro atoms. The Morgan fingerprint density at radius 3 is 2.77 bits per heavy atom. The van der Waals surface area contributed by atoms with Crippen LogP contribution in [0.4, 0.5) is 5.69 Å². The van der Waals surface area contributed by atoms with E-state index in [1.54, 1.807) is 43.2 Å². The van der Waals surface area contributed by atoms with Crippen molar-refractivity contribution in [3.8, 4) is 0 Å². The van der Waals surface area contributed by atoms with Crippen molar-refractivity contribution in [3.05, 3.63) is 46.7 Å². The number of hydrogen-bond acceptors (Lipinski definition) is 4. The lowest BCUT2D eigenvalue weighted by Gasteiger charge is -2.18. The standard InChI is InChI=1S/C18H22ClN5O2/c1-23(2)18(26)13-6-12(4-5-16(13)19)22-17(25)15-9-20-8-14(15)11-7-21-24(3)10-11/h4-7,10,14-15,20H,8-9H2,1-3H3,(H,22,25)/t14-,15+/m1/s1. The summed E-state index contributed by atoms with van der Waals surface area (Å²) in [6.45, 7) is 1.33. The second-order valence-corrected chi connectivity index (χ2v) is 7.11. The quantitative estimate of drug-likeness (QED) is 0.852. The molecular weight excluding hydrogens is 354 g/mol. The third-order valence-corrected chi connectivity index (χ3v) is 4.90. The Morgan fingerprint density at radius 1 is 1.35 bits per heavy atom. The van der Waals surface area contributed by atoms with E-state index in [0.717, 1.165) is 12.1 Å². The highest BCUT2D eigenvalue weighted by Gasteiger charge is 2.34. The molecule has 0 radical (unpaired) electrons. The zero-order valence-corrected chi connectivity index (χ0v) is 15.7. The molecule has 2 heterocycles. The highest BCUT2D eigenvalue weighted by Crippen LogP contribution is 2.29. The molecule has 2 aromatic rings. The van der Waals surface area contributed by atoms with Gasteiger partial charge in [0.25, 0.3) is 5.91 Å². The molecule has 8 heteroatoms. The molecule has 0 bridgehead atoms. The zero-order valence-electron chi connectivity index (χ0n) is 15.0. The molecule has 138 valence electrons. The summed E-state index contributed by atoms with van der Waals surface area (Å²) < 4.78 is 1.74. The Hall–Kier alpha value is -2.38. The number of rotatable bonds is 4. The van der Waals surface area contributed by atoms with Gasteiger partial charge in [0.15, 0.2) is 0 Å². The maximum atomic E-state index is 12.8. The normalized spacial score (nSPS) is 19.4. The molecule has 1 aromatic heterocycles. The molecule has 26 heavy (non-hydrogen) atoms. The fourth-order valence-electron chi connectivity index (χ4n) is 3.18. The average Bonchev–Trinajstić information content (AvgIpc) is 3.24. The van der Waals surface area contributed by atoms with Gasteiger partial charge in [-0.05, 0) is 23.8 Å². The van der Waals surface area contributed by atoms with Crippen LogP contribution < -0.4 is 10.6 Å². The first-order valence-corrected chi connectivity index (χ1v) is 8.76. The molecule has 3 rings (SSSR count). The number of hydrogen-bond donors (Lipinski definition) is 2. The van der Waals surface area contributed by atoms with Gasteiger partial charge in [0, 0.05) is 52.0 Å². The monoisotopic (exact) mass is 375 g/mol. The molecule has 2 amide bonds. The Balaban J connectivity index is 1.77. The number of anilines is 1. The first-order valence-electron chi connectivity index (χ1n) is 8.38. The van der Waals surface area contributed by atoms with Gasteiger partial charge in [0.1, 0.15) is 0 Å². The van der Waals surface area contributed by atoms with Crippen LogP contribution in [0.5, 0.6) is 0 Å². The molecule has 1 fully saturated rings. The van der Waals surface area contributed by atoms with Gasteiger partial charge >= 0.3 is 0 Å². The molecule has 7 nitrogen and oxygen atoms in total. The van der Waals surface area contributed by atoms with E-state index in [9.17, 15) is 9.59 Å². The van der Waals surface area contributed by atoms with Crippen molar-refractivity contribution in [2.45, 2.75) is 5.92 Å². The summed E-state index contributed by atoms with van der Waals surface area (Å²) in [7, 11) is 5.18. The molecule has 2 atom stereocenters. The van der Waals surface area contributed by atoms with E-state index in [1.165, 1.54) is 4.90 Å². The third kappa shape index (κ3) is 3.73. The summed E-state index contributed by atoms with van der Waals surface area (Å²) in [5.74, 6) is -0.432. The van der Waals surface area contributed by atoms with E-state index >= 15 is 0 Å². The minimum Gasteiger partial charge on any atom is -0.345 e. The summed E-state index contributed by atoms with van der Waals surface area (Å²) in [5, 5.41) is 10.7. The lowest BCUT2D eigenvalue weighted by molar-refractivity contribution is -0.119. The number of carbonyl (C=O) groups is 2. The molecular formula is C18H22ClN5O2. The van der Waals surface area contributed by atoms with E-state index < -0.39 is 0 Å². The number of benzene rings is 1. The maximum absolute atomic E-state index is 12.8. The van der Waals surface area contributed by atoms with Crippen molar-refractivity contribution < 1.29 is 9.59 Å². The topological polar surface area (TPSA) is 79.3 Å². The molecule has 1 aliphatic rings. The van der Waals surface area contributed by atoms with Crippen LogP contribution in [-0.2, 0) is 11.8 Å². The molecule has 1 saturated heterocycles. The van der Waals surface area contributed by atoms with Gasteiger partial charge in [-0.25, -0.2) is 0 Å². The highest BCUT2D eigenvalue weighted by molar-refractivity contribution is 6.34. The summed E-state index contributed by atoms with van der Waals surface area (Å²) in [4.78, 5) is 26.5. The Morgan fingerprint density at radius 2 is 2.12 bits per heavy atom. The predicted octanol–water partition coefficient (Wildman–Crippen LogP) is 1.72. The van der Waals surface area contributed by atoms with E-state index in [4.69, 9.17) is 11.6 Å². The lowest BCUT2D eigenvalue weighted by atomic mass is 9.90. The van der Waals surface area contributed by atoms with Crippen molar-refractivity contribution in [2.24, 2.45) is 13.0 Å². The minimum absolute atomic E-state index is 0.0684. The van der Waals surface area contributed by atoms with E-state index in [1.807, 2.05) is 13.2 Å². The van der Waals surface area contributed by atoms with Gasteiger partial charge in [0.05, 0.1) is 22.7 Å². The fourth-order valence-corrected chi connectivity index (χ4v) is 3.38. The van der Waals surface area contributed by atoms with Crippen LogP contribution >= 0.6 is 11.6 Å². The second kappa shape index (κ2) is 7.47. The number of aryl methyl sites for hydroxylation is 1. The van der Waals surface area contributed by atoms with Crippen LogP contribution in [0.25, 0.3) is 0 Å². The maximum Gasteiger partial charge on any atom is 0.254 e. The minimum atomic E-state index is -0.207. The second-order valence-electron chi connectivity index (χ2n) is 6.70. The highest BCUT2D eigenvalue weighted by atomic mass is 35.5. The smallest absolute Gasteiger partial charge is 0.254 e. The molecule has 0 saturated carbocycles. The van der Waals surface area contributed by atoms with Crippen molar-refractivity contribution in [1.29, 1.82) is 0 Å². The van der Waals surface area contributed by atoms with Gasteiger partial charge in [0.2, 0.25) is 5.91 Å². The van der Waals surface area contributed by atoms with Crippen LogP contribution in [0, 0.1) is 5.92 Å². The van der Waals surface area contributed by atoms with Crippen LogP contribution in [0.2, 0.25) is 5.02 Å². The molecule has 1 aromatic carbocycles. The average molecular weight is 376 g/mol. The van der Waals surface area contributed by atoms with Crippen molar-refractivity contribution in [3.63, 3.8) is 0 Å². The van der Waals surface area contributed by atoms with Gasteiger partial charge in [-0.2, -0.15) is 5.10 Å². The Labute approximate surface area is 157 Å². The van der Waals surface area contributed by atoms with Crippen molar-refractivity contribution in [1.82, 2.24) is 20.0 Å². The molecule has 1 aliphatic heterocycles. The fraction of sp³-hybridized carbons (Fsp3) is 0.389. The van der Waals surface area contributed by atoms with Crippen LogP contribution in [0.15, 0.2) is 30.6 Å². The van der Waals surface area contributed by atoms with Gasteiger partial charge < -0.3 is 15.5 Å². The van der Waals surface area contributed by atoms with Gasteiger partial charge in [-0.3, -0.25) is 14.3 Å². The third-order valence-electron chi connectivity index (χ3n) is 4.57. The lowest BCUT2D eigenvalue weighted by Crippen LogP contribution is -2.28. The predicted molar refractivity (Wildman–Crippen MR) is 100 cm³/mol. The first-order chi connectivity index (χ1) is 12.4. The number of carbonyl (C=O) groups excluding carboxylic acids is 2. The van der Waals surface area contributed by atoms with Crippen molar-refractivity contribution >= 4 is 29.1 Å². The largest absolute Gasteiger partial charge is 0.345 e. The summed E-state index contributed by atoms with van der Waals surface area (Å²) in [6.07, 6.45) is 3.74. The summed E-state index contributed by atoms with van der Waals surface area (Å²) in [6, 6.07) is 4.94. The molecule has 0 aliphatic carbocycles. The molecule has 0 unspecified atom stereocenters. The van der Waals surface area contributed by atoms with Crippen LogP contribution in [0.1, 0.15) is 21.8 Å². The SMILES string of the molecule is CN(C)C(=O)c1cc(NC(=O)[C@H]2CNC[C@@H]2c2cnn(C)c2)ccc1Cl. The van der Waals surface area contributed by atoms with E-state index in [2.05, 4.69) is 15.7 Å². The van der Waals surface area contributed by atoms with Crippen LogP contribution in [-0.4, -0.2) is 53.7 Å². The number of nitrogens with one attached hydrogen (secondary N) is 2. The number of halogens is 1. The summed E-state index contributed by atoms with van der Waals surface area (Å²) >= 11 is 6.12. The number of aromatic nitrogens is 2. The Bertz CT molecular complexity index is 833. The van der Waals surface area contributed by atoms with Gasteiger partial charge in [-0.1, -0.05) is 11.6 Å². The first kappa shape index (κ1) is 18.4. The molecule has 2 N–H and O–H groups in total. The van der Waals surface area contributed by atoms with E-state index in [-0.39, 0.29) is 23.7 Å². The van der Waals surface area contributed by atoms with E-state index in [0.29, 0.717) is 22.8 Å². The number of amides is 2. The van der Waals surface area contributed by atoms with Gasteiger partial charge in [-0.15, -0.1) is 0 Å². The van der Waals surface area contributed by atoms with Crippen molar-refractivity contribution in [2.75, 3.05) is 32.5 Å². The zero-order chi connectivity index (χ0) is 18.8. The Kier molecular flexibility index (Phi) is 5.29. The summed E-state index contributed by atoms with van der Waals surface area (Å²) in [5.41, 5.74) is 1.96.